The maximum absolute atomic E-state index is 13.3. The maximum atomic E-state index is 13.3. The fourth-order valence-electron chi connectivity index (χ4n) is 2.35. The van der Waals surface area contributed by atoms with Crippen molar-refractivity contribution >= 4 is 23.9 Å². The van der Waals surface area contributed by atoms with E-state index in [2.05, 4.69) is 4.99 Å². The smallest absolute Gasteiger partial charge is 0.363 e. The van der Waals surface area contributed by atoms with Crippen LogP contribution in [0.3, 0.4) is 0 Å². The second-order valence-corrected chi connectivity index (χ2v) is 5.51. The predicted octanol–water partition coefficient (Wildman–Crippen LogP) is 2.04. The molecule has 0 unspecified atom stereocenters. The van der Waals surface area contributed by atoms with Gasteiger partial charge in [0.05, 0.1) is 7.11 Å². The third-order valence-corrected chi connectivity index (χ3v) is 3.55. The van der Waals surface area contributed by atoms with Gasteiger partial charge in [0.25, 0.3) is 5.91 Å². The number of methoxy groups -OCH3 is 1. The summed E-state index contributed by atoms with van der Waals surface area (Å²) in [7, 11) is 1.44. The van der Waals surface area contributed by atoms with Gasteiger partial charge in [0.15, 0.2) is 23.8 Å². The van der Waals surface area contributed by atoms with E-state index in [9.17, 15) is 14.0 Å². The van der Waals surface area contributed by atoms with E-state index < -0.39 is 17.7 Å². The molecule has 2 aromatic carbocycles. The van der Waals surface area contributed by atoms with Gasteiger partial charge in [-0.15, -0.1) is 0 Å². The fraction of sp³-hybridized carbons (Fsp3) is 0.105. The first-order chi connectivity index (χ1) is 13.0. The Bertz CT molecular complexity index is 968. The second kappa shape index (κ2) is 7.69. The number of nitrogens with zero attached hydrogens (tertiary/aromatic N) is 1. The van der Waals surface area contributed by atoms with Crippen molar-refractivity contribution in [2.24, 2.45) is 10.7 Å². The lowest BCUT2D eigenvalue weighted by atomic mass is 10.1. The summed E-state index contributed by atoms with van der Waals surface area (Å²) in [5, 5.41) is 0. The summed E-state index contributed by atoms with van der Waals surface area (Å²) in [5.74, 6) is -1.01. The van der Waals surface area contributed by atoms with Gasteiger partial charge in [-0.05, 0) is 42.0 Å². The van der Waals surface area contributed by atoms with Crippen molar-refractivity contribution in [1.29, 1.82) is 0 Å². The molecule has 7 nitrogen and oxygen atoms in total. The van der Waals surface area contributed by atoms with Crippen LogP contribution in [0.5, 0.6) is 11.5 Å². The van der Waals surface area contributed by atoms with Crippen LogP contribution < -0.4 is 15.2 Å². The van der Waals surface area contributed by atoms with Crippen molar-refractivity contribution in [1.82, 2.24) is 0 Å². The summed E-state index contributed by atoms with van der Waals surface area (Å²) in [4.78, 5) is 27.0. The molecule has 1 aliphatic rings. The Morgan fingerprint density at radius 1 is 1.26 bits per heavy atom. The zero-order valence-corrected chi connectivity index (χ0v) is 14.3. The Hall–Kier alpha value is -3.68. The highest BCUT2D eigenvalue weighted by atomic mass is 19.1. The average Bonchev–Trinajstić information content (AvgIpc) is 3.01. The molecule has 0 radical (unpaired) electrons. The molecule has 3 rings (SSSR count). The summed E-state index contributed by atoms with van der Waals surface area (Å²) < 4.78 is 28.9. The number of aliphatic imine (C=N–C) groups is 1. The zero-order valence-electron chi connectivity index (χ0n) is 14.3. The molecule has 0 spiro atoms. The van der Waals surface area contributed by atoms with Crippen molar-refractivity contribution in [2.75, 3.05) is 13.7 Å². The Morgan fingerprint density at radius 3 is 2.78 bits per heavy atom. The van der Waals surface area contributed by atoms with Crippen molar-refractivity contribution in [3.8, 4) is 11.5 Å². The highest BCUT2D eigenvalue weighted by molar-refractivity contribution is 6.12. The lowest BCUT2D eigenvalue weighted by Gasteiger charge is -2.09. The first-order valence-electron chi connectivity index (χ1n) is 7.84. The van der Waals surface area contributed by atoms with Gasteiger partial charge in [-0.25, -0.2) is 14.2 Å². The van der Waals surface area contributed by atoms with E-state index >= 15 is 0 Å². The molecule has 0 saturated carbocycles. The minimum Gasteiger partial charge on any atom is -0.493 e. The summed E-state index contributed by atoms with van der Waals surface area (Å²) in [6.07, 6.45) is 1.50. The first kappa shape index (κ1) is 18.1. The number of carbonyl (C=O) groups is 2. The van der Waals surface area contributed by atoms with E-state index in [1.165, 1.54) is 31.4 Å². The number of ether oxygens (including phenoxy) is 3. The van der Waals surface area contributed by atoms with Crippen molar-refractivity contribution < 1.29 is 28.2 Å². The molecule has 1 amide bonds. The van der Waals surface area contributed by atoms with E-state index in [4.69, 9.17) is 19.9 Å². The van der Waals surface area contributed by atoms with Gasteiger partial charge < -0.3 is 19.9 Å². The molecule has 2 N–H and O–H groups in total. The molecule has 0 saturated heterocycles. The number of esters is 1. The molecule has 27 heavy (non-hydrogen) atoms. The third kappa shape index (κ3) is 4.30. The van der Waals surface area contributed by atoms with Crippen LogP contribution in [-0.2, 0) is 14.3 Å². The van der Waals surface area contributed by atoms with Gasteiger partial charge in [-0.2, -0.15) is 0 Å². The molecule has 138 valence electrons. The highest BCUT2D eigenvalue weighted by Gasteiger charge is 2.24. The molecule has 0 fully saturated rings. The molecule has 1 aliphatic heterocycles. The predicted molar refractivity (Wildman–Crippen MR) is 94.7 cm³/mol. The number of primary amides is 1. The van der Waals surface area contributed by atoms with Crippen molar-refractivity contribution in [3.05, 3.63) is 65.1 Å². The monoisotopic (exact) mass is 370 g/mol. The van der Waals surface area contributed by atoms with Crippen molar-refractivity contribution in [3.63, 3.8) is 0 Å². The van der Waals surface area contributed by atoms with Gasteiger partial charge in [0, 0.05) is 5.56 Å². The lowest BCUT2D eigenvalue weighted by molar-refractivity contribution is -0.130. The van der Waals surface area contributed by atoms with Gasteiger partial charge >= 0.3 is 5.97 Å². The van der Waals surface area contributed by atoms with Crippen LogP contribution in [0.2, 0.25) is 0 Å². The maximum Gasteiger partial charge on any atom is 0.363 e. The Morgan fingerprint density at radius 2 is 2.07 bits per heavy atom. The van der Waals surface area contributed by atoms with Gasteiger partial charge in [0.2, 0.25) is 5.90 Å². The molecular formula is C19H15FN2O5. The molecule has 8 heteroatoms. The minimum atomic E-state index is -0.651. The molecule has 1 heterocycles. The molecular weight excluding hydrogens is 355 g/mol. The number of cyclic esters (lactones) is 1. The standard InChI is InChI=1S/C19H15FN2O5/c1-25-16-8-11(5-6-15(16)26-10-17(21)23)7-14-19(24)27-18(22-14)12-3-2-4-13(20)9-12/h2-9H,10H2,1H3,(H2,21,23)/b14-7+. The number of nitrogens with two attached hydrogens (primary N) is 1. The molecule has 0 atom stereocenters. The summed E-state index contributed by atoms with van der Waals surface area (Å²) >= 11 is 0. The van der Waals surface area contributed by atoms with Crippen LogP contribution in [0.1, 0.15) is 11.1 Å². The Labute approximate surface area is 153 Å². The van der Waals surface area contributed by atoms with Gasteiger partial charge in [-0.3, -0.25) is 4.79 Å². The number of rotatable bonds is 6. The highest BCUT2D eigenvalue weighted by Crippen LogP contribution is 2.29. The molecule has 2 aromatic rings. The summed E-state index contributed by atoms with van der Waals surface area (Å²) in [5.41, 5.74) is 6.06. The lowest BCUT2D eigenvalue weighted by Crippen LogP contribution is -2.20. The summed E-state index contributed by atoms with van der Waals surface area (Å²) in [6.45, 7) is -0.287. The number of carbonyl (C=O) groups excluding carboxylic acids is 2. The van der Waals surface area contributed by atoms with Crippen LogP contribution in [0, 0.1) is 5.82 Å². The van der Waals surface area contributed by atoms with Gasteiger partial charge in [-0.1, -0.05) is 12.1 Å². The van der Waals surface area contributed by atoms with Crippen LogP contribution in [0.4, 0.5) is 4.39 Å². The van der Waals surface area contributed by atoms with Crippen LogP contribution in [-0.4, -0.2) is 31.5 Å². The summed E-state index contributed by atoms with van der Waals surface area (Å²) in [6, 6.07) is 10.4. The van der Waals surface area contributed by atoms with E-state index in [1.807, 2.05) is 0 Å². The first-order valence-corrected chi connectivity index (χ1v) is 7.84. The average molecular weight is 370 g/mol. The number of halogens is 1. The SMILES string of the molecule is COc1cc(/C=C2/N=C(c3cccc(F)c3)OC2=O)ccc1OCC(N)=O. The largest absolute Gasteiger partial charge is 0.493 e. The van der Waals surface area contributed by atoms with E-state index in [1.54, 1.807) is 24.3 Å². The van der Waals surface area contributed by atoms with E-state index in [0.717, 1.165) is 0 Å². The topological polar surface area (TPSA) is 100 Å². The van der Waals surface area contributed by atoms with E-state index in [-0.39, 0.29) is 18.2 Å². The number of hydrogen-bond donors (Lipinski definition) is 1. The zero-order chi connectivity index (χ0) is 19.4. The van der Waals surface area contributed by atoms with Crippen LogP contribution in [0.25, 0.3) is 6.08 Å². The normalized spacial score (nSPS) is 14.7. The Kier molecular flexibility index (Phi) is 5.16. The molecule has 0 bridgehead atoms. The van der Waals surface area contributed by atoms with Crippen molar-refractivity contribution in [2.45, 2.75) is 0 Å². The molecule has 0 aromatic heterocycles. The second-order valence-electron chi connectivity index (χ2n) is 5.51. The minimum absolute atomic E-state index is 0.0270. The number of hydrogen-bond acceptors (Lipinski definition) is 6. The third-order valence-electron chi connectivity index (χ3n) is 3.55. The quantitative estimate of drug-likeness (QED) is 0.620. The Balaban J connectivity index is 1.87. The van der Waals surface area contributed by atoms with Crippen LogP contribution >= 0.6 is 0 Å². The fourth-order valence-corrected chi connectivity index (χ4v) is 2.35. The van der Waals surface area contributed by atoms with Crippen LogP contribution in [0.15, 0.2) is 53.2 Å². The number of benzene rings is 2. The van der Waals surface area contributed by atoms with Gasteiger partial charge in [0.1, 0.15) is 5.82 Å². The van der Waals surface area contributed by atoms with E-state index in [0.29, 0.717) is 22.6 Å². The number of amides is 1. The molecule has 0 aliphatic carbocycles.